The molecule has 1 amide bonds. The first kappa shape index (κ1) is 16.0. The molecular weight excluding hydrogens is 264 g/mol. The van der Waals surface area contributed by atoms with Crippen LogP contribution in [0.1, 0.15) is 48.2 Å². The van der Waals surface area contributed by atoms with Crippen molar-refractivity contribution in [1.29, 1.82) is 0 Å². The van der Waals surface area contributed by atoms with E-state index in [1.807, 2.05) is 12.1 Å². The highest BCUT2D eigenvalue weighted by atomic mass is 16.3. The maximum absolute atomic E-state index is 12.3. The van der Waals surface area contributed by atoms with E-state index in [1.165, 1.54) is 11.1 Å². The molecule has 1 aliphatic rings. The standard InChI is InChI=1S/C17H26N2O2/c1-3-17(4-2,12-20)11-19-16(21)14-6-5-13-7-8-18-10-15(13)9-14/h5-6,9,18,20H,3-4,7-8,10-12H2,1-2H3,(H,19,21). The molecule has 1 aromatic carbocycles. The van der Waals surface area contributed by atoms with Crippen LogP contribution in [0.4, 0.5) is 0 Å². The molecule has 0 bridgehead atoms. The van der Waals surface area contributed by atoms with Gasteiger partial charge in [0.15, 0.2) is 0 Å². The van der Waals surface area contributed by atoms with Crippen molar-refractivity contribution in [2.75, 3.05) is 19.7 Å². The minimum absolute atomic E-state index is 0.0527. The van der Waals surface area contributed by atoms with Crippen LogP contribution >= 0.6 is 0 Å². The Balaban J connectivity index is 2.03. The number of aliphatic hydroxyl groups excluding tert-OH is 1. The molecule has 0 spiro atoms. The third-order valence-corrected chi connectivity index (χ3v) is 4.81. The average molecular weight is 290 g/mol. The molecule has 0 radical (unpaired) electrons. The Morgan fingerprint density at radius 1 is 1.33 bits per heavy atom. The summed E-state index contributed by atoms with van der Waals surface area (Å²) >= 11 is 0. The molecule has 1 aromatic rings. The van der Waals surface area contributed by atoms with Crippen molar-refractivity contribution >= 4 is 5.91 Å². The highest BCUT2D eigenvalue weighted by molar-refractivity contribution is 5.94. The second kappa shape index (κ2) is 7.05. The molecule has 1 heterocycles. The minimum atomic E-state index is -0.203. The van der Waals surface area contributed by atoms with Crippen molar-refractivity contribution in [1.82, 2.24) is 10.6 Å². The summed E-state index contributed by atoms with van der Waals surface area (Å²) in [6.07, 6.45) is 2.74. The zero-order valence-corrected chi connectivity index (χ0v) is 13.0. The van der Waals surface area contributed by atoms with E-state index < -0.39 is 0 Å². The minimum Gasteiger partial charge on any atom is -0.396 e. The predicted octanol–water partition coefficient (Wildman–Crippen LogP) is 1.86. The molecule has 3 N–H and O–H groups in total. The van der Waals surface area contributed by atoms with Gasteiger partial charge >= 0.3 is 0 Å². The van der Waals surface area contributed by atoms with Gasteiger partial charge in [-0.25, -0.2) is 0 Å². The van der Waals surface area contributed by atoms with Gasteiger partial charge in [-0.15, -0.1) is 0 Å². The van der Waals surface area contributed by atoms with Crippen molar-refractivity contribution < 1.29 is 9.90 Å². The Bertz CT molecular complexity index is 487. The van der Waals surface area contributed by atoms with E-state index in [2.05, 4.69) is 30.5 Å². The molecule has 0 aliphatic carbocycles. The summed E-state index contributed by atoms with van der Waals surface area (Å²) in [6, 6.07) is 5.94. The number of nitrogens with one attached hydrogen (secondary N) is 2. The SMILES string of the molecule is CCC(CC)(CO)CNC(=O)c1ccc2c(c1)CNCC2. The van der Waals surface area contributed by atoms with Crippen molar-refractivity contribution in [3.8, 4) is 0 Å². The van der Waals surface area contributed by atoms with E-state index in [1.54, 1.807) is 0 Å². The Hall–Kier alpha value is -1.39. The van der Waals surface area contributed by atoms with Crippen LogP contribution in [0.2, 0.25) is 0 Å². The number of fused-ring (bicyclic) bond motifs is 1. The van der Waals surface area contributed by atoms with E-state index >= 15 is 0 Å². The Kier molecular flexibility index (Phi) is 5.37. The highest BCUT2D eigenvalue weighted by Crippen LogP contribution is 2.24. The van der Waals surface area contributed by atoms with Crippen LogP contribution in [0, 0.1) is 5.41 Å². The first-order valence-corrected chi connectivity index (χ1v) is 7.85. The zero-order valence-electron chi connectivity index (χ0n) is 13.0. The quantitative estimate of drug-likeness (QED) is 0.749. The van der Waals surface area contributed by atoms with Gasteiger partial charge in [0.2, 0.25) is 0 Å². The van der Waals surface area contributed by atoms with E-state index in [0.29, 0.717) is 12.1 Å². The molecule has 2 rings (SSSR count). The molecule has 0 saturated carbocycles. The second-order valence-electron chi connectivity index (χ2n) is 5.96. The summed E-state index contributed by atoms with van der Waals surface area (Å²) in [5.74, 6) is -0.0527. The van der Waals surface area contributed by atoms with E-state index in [4.69, 9.17) is 0 Å². The number of hydrogen-bond acceptors (Lipinski definition) is 3. The van der Waals surface area contributed by atoms with Gasteiger partial charge in [0.1, 0.15) is 0 Å². The molecule has 0 fully saturated rings. The molecule has 116 valence electrons. The number of aliphatic hydroxyl groups is 1. The molecule has 21 heavy (non-hydrogen) atoms. The fourth-order valence-corrected chi connectivity index (χ4v) is 2.77. The lowest BCUT2D eigenvalue weighted by molar-refractivity contribution is 0.0851. The lowest BCUT2D eigenvalue weighted by atomic mass is 9.83. The number of rotatable bonds is 6. The Morgan fingerprint density at radius 2 is 2.10 bits per heavy atom. The first-order valence-electron chi connectivity index (χ1n) is 7.85. The molecule has 0 saturated heterocycles. The highest BCUT2D eigenvalue weighted by Gasteiger charge is 2.26. The fraction of sp³-hybridized carbons (Fsp3) is 0.588. The molecule has 0 unspecified atom stereocenters. The van der Waals surface area contributed by atoms with Crippen molar-refractivity contribution in [2.24, 2.45) is 5.41 Å². The largest absolute Gasteiger partial charge is 0.396 e. The number of benzene rings is 1. The third kappa shape index (κ3) is 3.63. The fourth-order valence-electron chi connectivity index (χ4n) is 2.77. The maximum Gasteiger partial charge on any atom is 0.251 e. The van der Waals surface area contributed by atoms with Crippen molar-refractivity contribution in [3.05, 3.63) is 34.9 Å². The lowest BCUT2D eigenvalue weighted by Crippen LogP contribution is -2.39. The lowest BCUT2D eigenvalue weighted by Gasteiger charge is -2.29. The van der Waals surface area contributed by atoms with Crippen LogP contribution < -0.4 is 10.6 Å². The molecule has 1 aliphatic heterocycles. The van der Waals surface area contributed by atoms with Crippen molar-refractivity contribution in [2.45, 2.75) is 39.7 Å². The maximum atomic E-state index is 12.3. The number of carbonyl (C=O) groups is 1. The van der Waals surface area contributed by atoms with Crippen LogP contribution in [0.3, 0.4) is 0 Å². The van der Waals surface area contributed by atoms with E-state index in [-0.39, 0.29) is 17.9 Å². The molecular formula is C17H26N2O2. The van der Waals surface area contributed by atoms with Gasteiger partial charge in [0.25, 0.3) is 5.91 Å². The molecule has 0 atom stereocenters. The summed E-state index contributed by atoms with van der Waals surface area (Å²) < 4.78 is 0. The van der Waals surface area contributed by atoms with Gasteiger partial charge in [-0.2, -0.15) is 0 Å². The molecule has 0 aromatic heterocycles. The summed E-state index contributed by atoms with van der Waals surface area (Å²) in [5, 5.41) is 15.9. The topological polar surface area (TPSA) is 61.4 Å². The van der Waals surface area contributed by atoms with Crippen LogP contribution in [0.5, 0.6) is 0 Å². The summed E-state index contributed by atoms with van der Waals surface area (Å²) in [5.41, 5.74) is 3.05. The van der Waals surface area contributed by atoms with Crippen molar-refractivity contribution in [3.63, 3.8) is 0 Å². The number of carbonyl (C=O) groups excluding carboxylic acids is 1. The third-order valence-electron chi connectivity index (χ3n) is 4.81. The predicted molar refractivity (Wildman–Crippen MR) is 84.3 cm³/mol. The van der Waals surface area contributed by atoms with Gasteiger partial charge in [-0.05, 0) is 49.1 Å². The number of amides is 1. The number of hydrogen-bond donors (Lipinski definition) is 3. The van der Waals surface area contributed by atoms with Gasteiger partial charge in [0.05, 0.1) is 6.61 Å². The van der Waals surface area contributed by atoms with Crippen LogP contribution in [-0.4, -0.2) is 30.7 Å². The molecule has 4 heteroatoms. The normalized spacial score (nSPS) is 14.6. The molecule has 4 nitrogen and oxygen atoms in total. The van der Waals surface area contributed by atoms with Gasteiger partial charge < -0.3 is 15.7 Å². The van der Waals surface area contributed by atoms with Crippen LogP contribution in [0.15, 0.2) is 18.2 Å². The monoisotopic (exact) mass is 290 g/mol. The Morgan fingerprint density at radius 3 is 2.76 bits per heavy atom. The van der Waals surface area contributed by atoms with Crippen LogP contribution in [-0.2, 0) is 13.0 Å². The van der Waals surface area contributed by atoms with E-state index in [9.17, 15) is 9.90 Å². The average Bonchev–Trinajstić information content (AvgIpc) is 2.56. The summed E-state index contributed by atoms with van der Waals surface area (Å²) in [6.45, 7) is 6.57. The zero-order chi connectivity index (χ0) is 15.3. The van der Waals surface area contributed by atoms with Gasteiger partial charge in [-0.1, -0.05) is 19.9 Å². The van der Waals surface area contributed by atoms with Gasteiger partial charge in [-0.3, -0.25) is 4.79 Å². The second-order valence-corrected chi connectivity index (χ2v) is 5.96. The smallest absolute Gasteiger partial charge is 0.251 e. The first-order chi connectivity index (χ1) is 10.1. The van der Waals surface area contributed by atoms with Crippen LogP contribution in [0.25, 0.3) is 0 Å². The Labute approximate surface area is 126 Å². The van der Waals surface area contributed by atoms with E-state index in [0.717, 1.165) is 32.4 Å². The van der Waals surface area contributed by atoms with Gasteiger partial charge in [0, 0.05) is 24.1 Å². The summed E-state index contributed by atoms with van der Waals surface area (Å²) in [4.78, 5) is 12.3. The summed E-state index contributed by atoms with van der Waals surface area (Å²) in [7, 11) is 0.